The molecule has 1 aromatic rings. The van der Waals surface area contributed by atoms with Crippen molar-refractivity contribution in [2.45, 2.75) is 24.5 Å². The molecule has 12 nitrogen and oxygen atoms in total. The molecule has 12 heteroatoms. The summed E-state index contributed by atoms with van der Waals surface area (Å²) >= 11 is 0. The number of ketones is 2. The number of benzene rings is 1. The summed E-state index contributed by atoms with van der Waals surface area (Å²) in [6.07, 6.45) is 4.19. The molecule has 0 heterocycles. The lowest BCUT2D eigenvalue weighted by Crippen LogP contribution is -2.65. The van der Waals surface area contributed by atoms with E-state index < -0.39 is 69.9 Å². The number of amides is 2. The van der Waals surface area contributed by atoms with Gasteiger partial charge in [-0.25, -0.2) is 4.79 Å². The highest BCUT2D eigenvalue weighted by Gasteiger charge is 2.64. The van der Waals surface area contributed by atoms with E-state index in [1.165, 1.54) is 31.1 Å². The second-order valence-corrected chi connectivity index (χ2v) is 9.36. The van der Waals surface area contributed by atoms with Gasteiger partial charge in [0.2, 0.25) is 5.78 Å². The fourth-order valence-corrected chi connectivity index (χ4v) is 5.57. The lowest BCUT2D eigenvalue weighted by atomic mass is 9.57. The smallest absolute Gasteiger partial charge is 0.412 e. The molecule has 1 fully saturated rings. The van der Waals surface area contributed by atoms with E-state index in [4.69, 9.17) is 16.9 Å². The summed E-state index contributed by atoms with van der Waals surface area (Å²) in [5.74, 6) is -5.41. The predicted octanol–water partition coefficient (Wildman–Crippen LogP) is 0.146. The van der Waals surface area contributed by atoms with Crippen molar-refractivity contribution in [1.82, 2.24) is 4.90 Å². The van der Waals surface area contributed by atoms with Crippen LogP contribution in [0.15, 0.2) is 29.0 Å². The van der Waals surface area contributed by atoms with Gasteiger partial charge >= 0.3 is 6.09 Å². The molecule has 1 saturated carbocycles. The molecule has 4 atom stereocenters. The summed E-state index contributed by atoms with van der Waals surface area (Å²) in [7, 11) is 3.04. The number of hydrogen-bond donors (Lipinski definition) is 6. The van der Waals surface area contributed by atoms with Crippen LogP contribution >= 0.6 is 0 Å². The van der Waals surface area contributed by atoms with Gasteiger partial charge in [-0.2, -0.15) is 0 Å². The summed E-state index contributed by atoms with van der Waals surface area (Å²) in [4.78, 5) is 52.1. The van der Waals surface area contributed by atoms with Gasteiger partial charge in [0.1, 0.15) is 22.8 Å². The quantitative estimate of drug-likeness (QED) is 0.184. The fraction of sp³-hybridized carbons (Fsp3) is 0.360. The number of anilines is 1. The maximum atomic E-state index is 13.7. The third-order valence-electron chi connectivity index (χ3n) is 7.12. The Morgan fingerprint density at radius 3 is 2.54 bits per heavy atom. The molecule has 2 amide bonds. The molecule has 0 radical (unpaired) electrons. The van der Waals surface area contributed by atoms with Gasteiger partial charge in [0.25, 0.3) is 5.91 Å². The maximum Gasteiger partial charge on any atom is 0.412 e. The highest BCUT2D eigenvalue weighted by atomic mass is 16.5. The first-order chi connectivity index (χ1) is 17.4. The van der Waals surface area contributed by atoms with Crippen LogP contribution in [0.3, 0.4) is 0 Å². The molecule has 0 bridgehead atoms. The number of carbonyl (C=O) groups excluding carboxylic acids is 4. The topological polar surface area (TPSA) is 200 Å². The van der Waals surface area contributed by atoms with Crippen LogP contribution in [-0.4, -0.2) is 81.2 Å². The highest BCUT2D eigenvalue weighted by molar-refractivity contribution is 6.24. The summed E-state index contributed by atoms with van der Waals surface area (Å²) in [6.45, 7) is -0.316. The number of aliphatic hydroxyl groups excluding tert-OH is 2. The zero-order valence-electron chi connectivity index (χ0n) is 19.9. The molecule has 3 aliphatic carbocycles. The van der Waals surface area contributed by atoms with Crippen LogP contribution < -0.4 is 11.1 Å². The van der Waals surface area contributed by atoms with Crippen LogP contribution in [0.25, 0.3) is 5.76 Å². The Labute approximate surface area is 211 Å². The minimum atomic E-state index is -2.73. The van der Waals surface area contributed by atoms with E-state index in [0.717, 1.165) is 0 Å². The lowest BCUT2D eigenvalue weighted by Gasteiger charge is -2.50. The van der Waals surface area contributed by atoms with Crippen LogP contribution in [0.5, 0.6) is 5.75 Å². The van der Waals surface area contributed by atoms with Gasteiger partial charge in [-0.05, 0) is 44.5 Å². The number of phenolic OH excluding ortho intramolecular Hbond substituents is 1. The van der Waals surface area contributed by atoms with Gasteiger partial charge in [0.05, 0.1) is 17.3 Å². The Balaban J connectivity index is 1.85. The molecule has 194 valence electrons. The fourth-order valence-electron chi connectivity index (χ4n) is 5.57. The van der Waals surface area contributed by atoms with Crippen LogP contribution in [0.1, 0.15) is 17.5 Å². The molecule has 7 N–H and O–H groups in total. The van der Waals surface area contributed by atoms with E-state index in [-0.39, 0.29) is 36.3 Å². The van der Waals surface area contributed by atoms with Crippen LogP contribution in [-0.2, 0) is 25.5 Å². The first-order valence-electron chi connectivity index (χ1n) is 11.2. The van der Waals surface area contributed by atoms with Crippen molar-refractivity contribution in [2.24, 2.45) is 17.6 Å². The average molecular weight is 511 g/mol. The van der Waals surface area contributed by atoms with Crippen molar-refractivity contribution >= 4 is 35.0 Å². The highest BCUT2D eigenvalue weighted by Crippen LogP contribution is 2.53. The van der Waals surface area contributed by atoms with Gasteiger partial charge in [-0.15, -0.1) is 6.42 Å². The summed E-state index contributed by atoms with van der Waals surface area (Å²) in [5, 5.41) is 46.6. The largest absolute Gasteiger partial charge is 0.508 e. The molecular weight excluding hydrogens is 486 g/mol. The van der Waals surface area contributed by atoms with E-state index >= 15 is 0 Å². The first kappa shape index (κ1) is 25.7. The Morgan fingerprint density at radius 1 is 1.27 bits per heavy atom. The number of Topliss-reactive ketones (excluding diaryl/α,β-unsaturated/α-hetero) is 2. The summed E-state index contributed by atoms with van der Waals surface area (Å²) in [5.41, 5.74) is 1.52. The number of nitrogens with two attached hydrogens (primary N) is 1. The molecule has 0 saturated heterocycles. The van der Waals surface area contributed by atoms with E-state index in [0.29, 0.717) is 5.56 Å². The number of rotatable bonds is 4. The van der Waals surface area contributed by atoms with Gasteiger partial charge < -0.3 is 30.9 Å². The number of nitrogens with one attached hydrogen (secondary N) is 1. The molecule has 37 heavy (non-hydrogen) atoms. The van der Waals surface area contributed by atoms with E-state index in [2.05, 4.69) is 11.2 Å². The average Bonchev–Trinajstić information content (AvgIpc) is 2.81. The molecule has 0 spiro atoms. The second-order valence-electron chi connectivity index (χ2n) is 9.36. The number of carbonyl (C=O) groups is 4. The molecule has 3 aliphatic rings. The Hall–Kier alpha value is -4.34. The Morgan fingerprint density at radius 2 is 1.95 bits per heavy atom. The van der Waals surface area contributed by atoms with Crippen molar-refractivity contribution in [2.75, 3.05) is 26.0 Å². The van der Waals surface area contributed by atoms with E-state index in [1.54, 1.807) is 0 Å². The predicted molar refractivity (Wildman–Crippen MR) is 128 cm³/mol. The number of primary amides is 1. The first-order valence-corrected chi connectivity index (χ1v) is 11.2. The molecular formula is C25H25N3O9. The number of terminal acetylenes is 1. The number of aromatic hydroxyl groups is 1. The Bertz CT molecular complexity index is 1350. The maximum absolute atomic E-state index is 13.7. The summed E-state index contributed by atoms with van der Waals surface area (Å²) in [6, 6.07) is 1.75. The minimum Gasteiger partial charge on any atom is -0.508 e. The van der Waals surface area contributed by atoms with Crippen molar-refractivity contribution in [3.63, 3.8) is 0 Å². The molecule has 0 aliphatic heterocycles. The van der Waals surface area contributed by atoms with Crippen molar-refractivity contribution in [1.29, 1.82) is 0 Å². The van der Waals surface area contributed by atoms with E-state index in [1.807, 2.05) is 0 Å². The third kappa shape index (κ3) is 3.71. The number of likely N-dealkylation sites (N-methyl/N-ethyl adjacent to an activating group) is 1. The molecule has 1 aromatic carbocycles. The summed E-state index contributed by atoms with van der Waals surface area (Å²) < 4.78 is 4.71. The Kier molecular flexibility index (Phi) is 6.23. The zero-order valence-corrected chi connectivity index (χ0v) is 19.9. The molecule has 0 unspecified atom stereocenters. The molecule has 4 rings (SSSR count). The normalized spacial score (nSPS) is 26.7. The lowest BCUT2D eigenvalue weighted by molar-refractivity contribution is -0.153. The number of ether oxygens (including phenoxy) is 1. The number of aliphatic hydroxyl groups is 3. The monoisotopic (exact) mass is 511 g/mol. The second kappa shape index (κ2) is 8.95. The van der Waals surface area contributed by atoms with E-state index in [9.17, 15) is 39.6 Å². The standard InChI is InChI=1S/C25H25N3O9/c1-4-7-37-24(35)27-13-6-5-10-8-11-9-12-17(28(2)3)20(31)16(23(26)34)22(33)25(12,36)21(32)15(11)19(30)14(10)18(13)29/h1,5-6,11-12,17,29-30,33,36H,7-9H2,2-3H3,(H2,26,34)(H,27,35)/t11-,12-,17-,25-/m0/s1. The van der Waals surface area contributed by atoms with Gasteiger partial charge in [-0.3, -0.25) is 24.6 Å². The number of fused-ring (bicyclic) bond motifs is 3. The van der Waals surface area contributed by atoms with Crippen LogP contribution in [0, 0.1) is 24.2 Å². The number of phenols is 1. The SMILES string of the molecule is C#CCOC(=O)Nc1ccc2c(c1O)C(O)=C1C(=O)[C@]3(O)C(O)=C(C(N)=O)C(=O)[C@@H](N(C)C)[C@@H]3C[C@@H]1C2. The van der Waals surface area contributed by atoms with Gasteiger partial charge in [-0.1, -0.05) is 12.0 Å². The molecule has 0 aromatic heterocycles. The van der Waals surface area contributed by atoms with Gasteiger partial charge in [0, 0.05) is 11.5 Å². The third-order valence-corrected chi connectivity index (χ3v) is 7.12. The number of hydrogen-bond acceptors (Lipinski definition) is 10. The zero-order chi connectivity index (χ0) is 27.4. The van der Waals surface area contributed by atoms with Gasteiger partial charge in [0.15, 0.2) is 18.0 Å². The number of nitrogens with zero attached hydrogens (tertiary/aromatic N) is 1. The van der Waals surface area contributed by atoms with Crippen LogP contribution in [0.4, 0.5) is 10.5 Å². The van der Waals surface area contributed by atoms with Crippen molar-refractivity contribution < 1.29 is 44.3 Å². The van der Waals surface area contributed by atoms with Crippen LogP contribution in [0.2, 0.25) is 0 Å². The van der Waals surface area contributed by atoms with Crippen molar-refractivity contribution in [3.05, 3.63) is 40.2 Å². The van der Waals surface area contributed by atoms with Crippen molar-refractivity contribution in [3.8, 4) is 18.1 Å². The minimum absolute atomic E-state index is 0.0229.